The summed E-state index contributed by atoms with van der Waals surface area (Å²) in [5, 5.41) is 28.1. The van der Waals surface area contributed by atoms with Crippen molar-refractivity contribution in [3.63, 3.8) is 0 Å². The predicted octanol–water partition coefficient (Wildman–Crippen LogP) is 11.2. The first-order valence-electron chi connectivity index (χ1n) is 30.1. The van der Waals surface area contributed by atoms with Crippen LogP contribution in [0.15, 0.2) is 186 Å². The van der Waals surface area contributed by atoms with E-state index < -0.39 is 113 Å². The Morgan fingerprint density at radius 2 is 1.30 bits per heavy atom. The molecule has 0 saturated carbocycles. The van der Waals surface area contributed by atoms with E-state index in [9.17, 15) is 34.1 Å². The molecule has 11 rings (SSSR count). The summed E-state index contributed by atoms with van der Waals surface area (Å²) in [5.74, 6) is -0.963. The lowest BCUT2D eigenvalue weighted by molar-refractivity contribution is -0.118. The number of hydrogen-bond acceptors (Lipinski definition) is 22. The van der Waals surface area contributed by atoms with Crippen molar-refractivity contribution in [2.24, 2.45) is 5.92 Å². The van der Waals surface area contributed by atoms with Gasteiger partial charge in [0.05, 0.1) is 52.9 Å². The minimum absolute atomic E-state index is 0.0192. The molecule has 9 atom stereocenters. The van der Waals surface area contributed by atoms with E-state index in [1.807, 2.05) is 60.7 Å². The van der Waals surface area contributed by atoms with E-state index >= 15 is 4.57 Å². The van der Waals surface area contributed by atoms with Gasteiger partial charge in [-0.05, 0) is 108 Å². The minimum Gasteiger partial charge on any atom is -0.497 e. The number of nitrogens with zero attached hydrogens (tertiary/aromatic N) is 6. The molecule has 0 bridgehead atoms. The molecule has 4 N–H and O–H groups in total. The molecule has 2 saturated heterocycles. The van der Waals surface area contributed by atoms with Crippen LogP contribution in [0.4, 0.5) is 11.8 Å². The Morgan fingerprint density at radius 3 is 1.88 bits per heavy atom. The van der Waals surface area contributed by atoms with Crippen LogP contribution < -0.4 is 40.4 Å². The highest BCUT2D eigenvalue weighted by Gasteiger charge is 2.53. The number of halogens is 2. The number of imidazole rings is 1. The second-order valence-corrected chi connectivity index (χ2v) is 26.1. The smallest absolute Gasteiger partial charge is 0.497 e. The van der Waals surface area contributed by atoms with Crippen molar-refractivity contribution in [3.05, 3.63) is 229 Å². The van der Waals surface area contributed by atoms with Crippen molar-refractivity contribution in [3.8, 4) is 29.1 Å². The number of phosphoric ester groups is 2. The minimum atomic E-state index is -5.34. The average Bonchev–Trinajstić information content (AvgIpc) is 1.66. The molecule has 0 radical (unpaired) electrons. The van der Waals surface area contributed by atoms with Gasteiger partial charge in [-0.2, -0.15) is 15.2 Å². The zero-order valence-corrected chi connectivity index (χ0v) is 55.4. The monoisotopic (exact) mass is 1400 g/mol. The number of anilines is 2. The second-order valence-electron chi connectivity index (χ2n) is 22.2. The molecule has 2 unspecified atom stereocenters. The Balaban J connectivity index is 0.987. The first-order valence-corrected chi connectivity index (χ1v) is 33.8. The van der Waals surface area contributed by atoms with E-state index in [1.165, 1.54) is 85.9 Å². The van der Waals surface area contributed by atoms with Crippen LogP contribution in [0.3, 0.4) is 0 Å². The third-order valence-electron chi connectivity index (χ3n) is 15.5. The number of aliphatic hydroxyl groups excluding tert-OH is 1. The number of carbonyl (C=O) groups is 2. The first kappa shape index (κ1) is 69.3. The normalized spacial score (nSPS) is 19.7. The van der Waals surface area contributed by atoms with Crippen LogP contribution in [-0.2, 0) is 51.8 Å². The highest BCUT2D eigenvalue weighted by molar-refractivity contribution is 7.49. The van der Waals surface area contributed by atoms with Gasteiger partial charge >= 0.3 is 21.3 Å². The highest BCUT2D eigenvalue weighted by Crippen LogP contribution is 2.57. The van der Waals surface area contributed by atoms with E-state index in [1.54, 1.807) is 68.4 Å². The van der Waals surface area contributed by atoms with Crippen molar-refractivity contribution < 1.29 is 74.7 Å². The van der Waals surface area contributed by atoms with Crippen LogP contribution in [0.2, 0.25) is 10.0 Å². The number of amides is 2. The number of aromatic amines is 1. The number of nitriles is 1. The molecule has 97 heavy (non-hydrogen) atoms. The summed E-state index contributed by atoms with van der Waals surface area (Å²) in [6, 6.07) is 46.2. The van der Waals surface area contributed by atoms with Crippen LogP contribution in [0.1, 0.15) is 66.2 Å². The predicted molar refractivity (Wildman–Crippen MR) is 352 cm³/mol. The molecule has 2 fully saturated rings. The van der Waals surface area contributed by atoms with Crippen molar-refractivity contribution in [2.45, 2.75) is 75.3 Å². The third-order valence-corrected chi connectivity index (χ3v) is 18.8. The summed E-state index contributed by atoms with van der Waals surface area (Å²) >= 11 is 12.5. The fraction of sp³-hybridized carbons (Fsp3) is 0.273. The maximum atomic E-state index is 16.2. The molecule has 2 aliphatic rings. The lowest BCUT2D eigenvalue weighted by Crippen LogP contribution is -2.41. The van der Waals surface area contributed by atoms with Gasteiger partial charge < -0.3 is 43.2 Å². The molecular weight excluding hydrogens is 1340 g/mol. The van der Waals surface area contributed by atoms with E-state index in [0.717, 1.165) is 4.57 Å². The Bertz CT molecular complexity index is 4450. The van der Waals surface area contributed by atoms with Gasteiger partial charge in [0.15, 0.2) is 17.4 Å². The van der Waals surface area contributed by atoms with Gasteiger partial charge in [-0.25, -0.2) is 18.9 Å². The Kier molecular flexibility index (Phi) is 21.8. The van der Waals surface area contributed by atoms with Crippen molar-refractivity contribution in [1.82, 2.24) is 29.1 Å². The van der Waals surface area contributed by atoms with Gasteiger partial charge in [-0.1, -0.05) is 110 Å². The van der Waals surface area contributed by atoms with Gasteiger partial charge in [0, 0.05) is 34.1 Å². The maximum Gasteiger partial charge on any atom is 0.530 e. The summed E-state index contributed by atoms with van der Waals surface area (Å²) in [6.45, 7) is 1.47. The fourth-order valence-electron chi connectivity index (χ4n) is 10.6. The van der Waals surface area contributed by atoms with E-state index in [-0.39, 0.29) is 57.9 Å². The number of carbonyl (C=O) groups excluding carboxylic acids is 2. The summed E-state index contributed by atoms with van der Waals surface area (Å²) in [5.41, 5.74) is -1.44. The molecule has 0 spiro atoms. The molecule has 504 valence electrons. The molecule has 5 heterocycles. The summed E-state index contributed by atoms with van der Waals surface area (Å²) in [7, 11) is -7.11. The SMILES string of the molecule is COc1ccc(C(OC[C@H]2O[C@@H](n3ccc(NC(=O)c4ccccc4)nc3=O)[C@H](O)[C@@H]2OP(=O)(OC[C@H]2O[C@@H](n3cnc4c(=O)[nH]c(NC(=O)C(C)C)nc43)C[C@@H]2OP(=O)(OCCC#N)Oc2ccc(Cl)cc2)Oc2ccc(Cl)cc2)(c2ccccc2)c2ccc(OC)cc2)cc1. The molecule has 6 aromatic carbocycles. The average molecular weight is 1400 g/mol. The number of aliphatic hydroxyl groups is 1. The molecule has 27 nitrogen and oxygen atoms in total. The van der Waals surface area contributed by atoms with Crippen LogP contribution >= 0.6 is 38.8 Å². The Hall–Kier alpha value is -9.10. The number of H-pyrrole nitrogens is 1. The van der Waals surface area contributed by atoms with Gasteiger partial charge in [0.2, 0.25) is 11.9 Å². The molecule has 9 aromatic rings. The number of hydrogen-bond donors (Lipinski definition) is 4. The van der Waals surface area contributed by atoms with Crippen LogP contribution in [0.5, 0.6) is 23.0 Å². The van der Waals surface area contributed by atoms with Gasteiger partial charge in [0.25, 0.3) is 11.5 Å². The lowest BCUT2D eigenvalue weighted by Gasteiger charge is -2.37. The lowest BCUT2D eigenvalue weighted by atomic mass is 9.80. The first-order chi connectivity index (χ1) is 46.8. The molecule has 2 amide bonds. The zero-order valence-electron chi connectivity index (χ0n) is 52.1. The van der Waals surface area contributed by atoms with Gasteiger partial charge in [-0.3, -0.25) is 51.9 Å². The zero-order chi connectivity index (χ0) is 68.4. The number of fused-ring (bicyclic) bond motifs is 1. The quantitative estimate of drug-likeness (QED) is 0.0201. The maximum absolute atomic E-state index is 16.2. The van der Waals surface area contributed by atoms with Gasteiger partial charge in [-0.15, -0.1) is 0 Å². The van der Waals surface area contributed by atoms with E-state index in [2.05, 4.69) is 30.6 Å². The van der Waals surface area contributed by atoms with Crippen LogP contribution in [0.25, 0.3) is 11.2 Å². The number of ether oxygens (including phenoxy) is 5. The summed E-state index contributed by atoms with van der Waals surface area (Å²) < 4.78 is 102. The van der Waals surface area contributed by atoms with E-state index in [4.69, 9.17) is 74.0 Å². The molecule has 0 aliphatic carbocycles. The van der Waals surface area contributed by atoms with Gasteiger partial charge in [0.1, 0.15) is 71.2 Å². The fourth-order valence-corrected chi connectivity index (χ4v) is 13.7. The number of benzene rings is 6. The highest BCUT2D eigenvalue weighted by atomic mass is 35.5. The van der Waals surface area contributed by atoms with Crippen molar-refractivity contribution in [1.29, 1.82) is 5.26 Å². The number of aromatic nitrogens is 6. The Morgan fingerprint density at radius 1 is 0.722 bits per heavy atom. The molecular formula is C66H63Cl2N9O18P2. The molecule has 3 aromatic heterocycles. The number of nitrogens with one attached hydrogen (secondary N) is 3. The van der Waals surface area contributed by atoms with E-state index in [0.29, 0.717) is 33.2 Å². The Labute approximate surface area is 564 Å². The molecule has 2 aliphatic heterocycles. The topological polar surface area (TPSA) is 336 Å². The summed E-state index contributed by atoms with van der Waals surface area (Å²) in [4.78, 5) is 69.2. The second kappa shape index (κ2) is 30.5. The number of rotatable bonds is 28. The largest absolute Gasteiger partial charge is 0.530 e. The number of methoxy groups -OCH3 is 2. The number of phosphoric acid groups is 2. The van der Waals surface area contributed by atoms with Crippen molar-refractivity contribution >= 4 is 73.6 Å². The third kappa shape index (κ3) is 16.2. The van der Waals surface area contributed by atoms with Crippen molar-refractivity contribution in [2.75, 3.05) is 44.7 Å². The molecule has 31 heteroatoms. The van der Waals surface area contributed by atoms with Crippen LogP contribution in [-0.4, -0.2) is 111 Å². The van der Waals surface area contributed by atoms with Crippen LogP contribution in [0, 0.1) is 17.2 Å². The summed E-state index contributed by atoms with van der Waals surface area (Å²) in [6.07, 6.45) is -9.32. The standard InChI is InChI=1S/C66H63Cl2N9O18P2/c1-40(2)60(79)74-64-73-59-56(62(81)75-64)70-39-77(59)55-36-51(94-96(83,88-35-11-33-69)92-49-28-20-45(67)21-29-49)52(90-55)38-89-97(84,93-50-30-22-46(68)23-31-50)95-58-53(91-63(57(58)78)76-34-32-54(72-65(76)82)71-61(80)41-12-7-5-8-13-41)37-87-66(42-14-9-6-10-15-42,43-16-24-47(85-3)25-17-43)44-18-26-48(86-4)27-19-44/h5-10,12-32,34,39-40,51-53,55,57-58,63,78H,11,35-38H2,1-4H3,(H,71,72,80,82)(H2,73,74,75,79,81)/t51-,52+,53+,55+,57+,58+,63+,96?,97?/m0/s1.